The first kappa shape index (κ1) is 17.6. The van der Waals surface area contributed by atoms with E-state index in [0.29, 0.717) is 12.0 Å². The number of carbonyl (C=O) groups is 1. The van der Waals surface area contributed by atoms with Crippen molar-refractivity contribution in [3.8, 4) is 0 Å². The van der Waals surface area contributed by atoms with E-state index in [0.717, 1.165) is 24.0 Å². The van der Waals surface area contributed by atoms with Crippen molar-refractivity contribution in [1.29, 1.82) is 0 Å². The van der Waals surface area contributed by atoms with Gasteiger partial charge in [-0.2, -0.15) is 0 Å². The van der Waals surface area contributed by atoms with Crippen LogP contribution in [0.5, 0.6) is 0 Å². The molecule has 3 rings (SSSR count). The van der Waals surface area contributed by atoms with Crippen LogP contribution in [-0.4, -0.2) is 22.7 Å². The maximum Gasteiger partial charge on any atom is 0.223 e. The second-order valence-corrected chi connectivity index (χ2v) is 6.59. The predicted octanol–water partition coefficient (Wildman–Crippen LogP) is 2.59. The fourth-order valence-electron chi connectivity index (χ4n) is 3.41. The minimum absolute atomic E-state index is 0.0959. The molecule has 1 aliphatic carbocycles. The van der Waals surface area contributed by atoms with Gasteiger partial charge in [0.05, 0.1) is 19.1 Å². The van der Waals surface area contributed by atoms with Gasteiger partial charge in [-0.1, -0.05) is 36.4 Å². The Balaban J connectivity index is 1.61. The van der Waals surface area contributed by atoms with Gasteiger partial charge in [-0.15, -0.1) is 0 Å². The molecule has 0 spiro atoms. The normalized spacial score (nSPS) is 20.6. The van der Waals surface area contributed by atoms with Crippen LogP contribution in [0.25, 0.3) is 0 Å². The average Bonchev–Trinajstić information content (AvgIpc) is 2.60. The standard InChI is InChI=1S/C20H22FNO3/c21-16-8-3-6-15(11-16)18(23)12-19(24)22-13-20(25)10-4-7-14-5-1-2-9-17(14)20/h1-3,5-6,8-9,11,18,23,25H,4,7,10,12-13H2,(H,22,24). The summed E-state index contributed by atoms with van der Waals surface area (Å²) in [5.74, 6) is -0.835. The Bertz CT molecular complexity index is 764. The highest BCUT2D eigenvalue weighted by molar-refractivity contribution is 5.76. The number of amides is 1. The molecular weight excluding hydrogens is 321 g/mol. The number of hydrogen-bond acceptors (Lipinski definition) is 3. The van der Waals surface area contributed by atoms with Gasteiger partial charge in [0, 0.05) is 0 Å². The zero-order valence-electron chi connectivity index (χ0n) is 13.9. The van der Waals surface area contributed by atoms with Gasteiger partial charge in [-0.25, -0.2) is 4.39 Å². The van der Waals surface area contributed by atoms with Crippen LogP contribution in [0, 0.1) is 5.82 Å². The number of halogens is 1. The van der Waals surface area contributed by atoms with Crippen molar-refractivity contribution in [2.45, 2.75) is 37.4 Å². The van der Waals surface area contributed by atoms with E-state index in [4.69, 9.17) is 0 Å². The van der Waals surface area contributed by atoms with Gasteiger partial charge in [0.25, 0.3) is 0 Å². The summed E-state index contributed by atoms with van der Waals surface area (Å²) in [7, 11) is 0. The van der Waals surface area contributed by atoms with Gasteiger partial charge in [-0.05, 0) is 48.1 Å². The molecule has 5 heteroatoms. The van der Waals surface area contributed by atoms with E-state index in [-0.39, 0.29) is 18.9 Å². The first-order valence-electron chi connectivity index (χ1n) is 8.49. The largest absolute Gasteiger partial charge is 0.388 e. The highest BCUT2D eigenvalue weighted by atomic mass is 19.1. The number of rotatable bonds is 5. The highest BCUT2D eigenvalue weighted by Crippen LogP contribution is 2.34. The van der Waals surface area contributed by atoms with E-state index >= 15 is 0 Å². The Kier molecular flexibility index (Phi) is 5.16. The van der Waals surface area contributed by atoms with Crippen LogP contribution in [0.4, 0.5) is 4.39 Å². The lowest BCUT2D eigenvalue weighted by molar-refractivity contribution is -0.124. The van der Waals surface area contributed by atoms with Crippen LogP contribution in [0.15, 0.2) is 48.5 Å². The van der Waals surface area contributed by atoms with Crippen LogP contribution >= 0.6 is 0 Å². The molecule has 0 saturated carbocycles. The Labute approximate surface area is 146 Å². The lowest BCUT2D eigenvalue weighted by Crippen LogP contribution is -2.43. The van der Waals surface area contributed by atoms with Crippen LogP contribution in [-0.2, 0) is 16.8 Å². The molecule has 0 aliphatic heterocycles. The van der Waals surface area contributed by atoms with Crippen LogP contribution < -0.4 is 5.32 Å². The molecule has 0 radical (unpaired) electrons. The summed E-state index contributed by atoms with van der Waals surface area (Å²) in [6, 6.07) is 13.3. The zero-order valence-corrected chi connectivity index (χ0v) is 13.9. The maximum absolute atomic E-state index is 13.2. The quantitative estimate of drug-likeness (QED) is 0.782. The van der Waals surface area contributed by atoms with Crippen molar-refractivity contribution in [2.24, 2.45) is 0 Å². The molecule has 2 unspecified atom stereocenters. The van der Waals surface area contributed by atoms with E-state index in [9.17, 15) is 19.4 Å². The molecule has 2 aromatic rings. The summed E-state index contributed by atoms with van der Waals surface area (Å²) >= 11 is 0. The van der Waals surface area contributed by atoms with Crippen molar-refractivity contribution in [3.63, 3.8) is 0 Å². The highest BCUT2D eigenvalue weighted by Gasteiger charge is 2.34. The molecule has 1 aliphatic rings. The molecule has 2 atom stereocenters. The molecule has 0 bridgehead atoms. The van der Waals surface area contributed by atoms with E-state index in [1.165, 1.54) is 18.2 Å². The molecule has 0 fully saturated rings. The zero-order chi connectivity index (χ0) is 17.9. The lowest BCUT2D eigenvalue weighted by Gasteiger charge is -2.34. The molecule has 25 heavy (non-hydrogen) atoms. The van der Waals surface area contributed by atoms with Crippen molar-refractivity contribution < 1.29 is 19.4 Å². The van der Waals surface area contributed by atoms with Crippen LogP contribution in [0.3, 0.4) is 0 Å². The smallest absolute Gasteiger partial charge is 0.223 e. The fraction of sp³-hybridized carbons (Fsp3) is 0.350. The molecule has 0 saturated heterocycles. The average molecular weight is 343 g/mol. The van der Waals surface area contributed by atoms with Gasteiger partial charge in [0.1, 0.15) is 11.4 Å². The van der Waals surface area contributed by atoms with Crippen molar-refractivity contribution in [3.05, 3.63) is 71.0 Å². The number of carbonyl (C=O) groups excluding carboxylic acids is 1. The third kappa shape index (κ3) is 4.06. The van der Waals surface area contributed by atoms with Gasteiger partial charge in [0.15, 0.2) is 0 Å². The Morgan fingerprint density at radius 1 is 1.24 bits per heavy atom. The van der Waals surface area contributed by atoms with Gasteiger partial charge < -0.3 is 15.5 Å². The van der Waals surface area contributed by atoms with E-state index in [1.807, 2.05) is 24.3 Å². The molecule has 0 heterocycles. The predicted molar refractivity (Wildman–Crippen MR) is 92.3 cm³/mol. The number of nitrogens with one attached hydrogen (secondary N) is 1. The number of aliphatic hydroxyl groups excluding tert-OH is 1. The minimum atomic E-state index is -1.09. The van der Waals surface area contributed by atoms with E-state index in [1.54, 1.807) is 6.07 Å². The van der Waals surface area contributed by atoms with Crippen LogP contribution in [0.1, 0.15) is 42.1 Å². The number of hydrogen-bond donors (Lipinski definition) is 3. The Hall–Kier alpha value is -2.24. The van der Waals surface area contributed by atoms with Crippen LogP contribution in [0.2, 0.25) is 0 Å². The Morgan fingerprint density at radius 2 is 2.04 bits per heavy atom. The molecule has 1 amide bonds. The fourth-order valence-corrected chi connectivity index (χ4v) is 3.41. The molecular formula is C20H22FNO3. The molecule has 4 nitrogen and oxygen atoms in total. The van der Waals surface area contributed by atoms with Crippen molar-refractivity contribution in [2.75, 3.05) is 6.54 Å². The van der Waals surface area contributed by atoms with Crippen molar-refractivity contribution >= 4 is 5.91 Å². The number of fused-ring (bicyclic) bond motifs is 1. The number of aliphatic hydroxyl groups is 2. The third-order valence-corrected chi connectivity index (χ3v) is 4.75. The summed E-state index contributed by atoms with van der Waals surface area (Å²) in [4.78, 5) is 12.1. The topological polar surface area (TPSA) is 69.6 Å². The van der Waals surface area contributed by atoms with Gasteiger partial charge in [-0.3, -0.25) is 4.79 Å². The molecule has 0 aromatic heterocycles. The van der Waals surface area contributed by atoms with Gasteiger partial charge >= 0.3 is 0 Å². The SMILES string of the molecule is O=C(CC(O)c1cccc(F)c1)NCC1(O)CCCc2ccccc21. The first-order valence-corrected chi connectivity index (χ1v) is 8.49. The second-order valence-electron chi connectivity index (χ2n) is 6.59. The number of benzene rings is 2. The molecule has 3 N–H and O–H groups in total. The summed E-state index contributed by atoms with van der Waals surface area (Å²) in [6.45, 7) is 0.0959. The maximum atomic E-state index is 13.2. The summed E-state index contributed by atoms with van der Waals surface area (Å²) in [6.07, 6.45) is 1.10. The second kappa shape index (κ2) is 7.33. The summed E-state index contributed by atoms with van der Waals surface area (Å²) in [5.41, 5.74) is 1.23. The first-order chi connectivity index (χ1) is 12.0. The van der Waals surface area contributed by atoms with E-state index < -0.39 is 17.5 Å². The third-order valence-electron chi connectivity index (χ3n) is 4.75. The summed E-state index contributed by atoms with van der Waals surface area (Å²) in [5, 5.41) is 23.7. The Morgan fingerprint density at radius 3 is 2.84 bits per heavy atom. The lowest BCUT2D eigenvalue weighted by atomic mass is 9.79. The van der Waals surface area contributed by atoms with Gasteiger partial charge in [0.2, 0.25) is 5.91 Å². The minimum Gasteiger partial charge on any atom is -0.388 e. The monoisotopic (exact) mass is 343 g/mol. The van der Waals surface area contributed by atoms with E-state index in [2.05, 4.69) is 5.32 Å². The van der Waals surface area contributed by atoms with Crippen molar-refractivity contribution in [1.82, 2.24) is 5.32 Å². The number of aryl methyl sites for hydroxylation is 1. The molecule has 2 aromatic carbocycles. The molecule has 132 valence electrons. The summed E-state index contributed by atoms with van der Waals surface area (Å²) < 4.78 is 13.2.